The first-order chi connectivity index (χ1) is 8.40. The van der Waals surface area contributed by atoms with Crippen molar-refractivity contribution in [3.63, 3.8) is 0 Å². The van der Waals surface area contributed by atoms with Crippen LogP contribution in [0.3, 0.4) is 0 Å². The molecule has 0 aliphatic heterocycles. The molecule has 6 heteroatoms. The lowest BCUT2D eigenvalue weighted by Gasteiger charge is -2.13. The molecule has 96 valence electrons. The van der Waals surface area contributed by atoms with Crippen molar-refractivity contribution in [2.24, 2.45) is 5.73 Å². The van der Waals surface area contributed by atoms with Crippen LogP contribution in [-0.2, 0) is 0 Å². The van der Waals surface area contributed by atoms with Crippen molar-refractivity contribution in [2.75, 3.05) is 0 Å². The highest BCUT2D eigenvalue weighted by Crippen LogP contribution is 2.34. The van der Waals surface area contributed by atoms with Crippen molar-refractivity contribution in [1.29, 1.82) is 0 Å². The Morgan fingerprint density at radius 3 is 2.44 bits per heavy atom. The zero-order chi connectivity index (χ0) is 13.4. The molecule has 1 heterocycles. The summed E-state index contributed by atoms with van der Waals surface area (Å²) < 4.78 is 28.0. The molecule has 1 aromatic heterocycles. The van der Waals surface area contributed by atoms with Gasteiger partial charge < -0.3 is 5.73 Å². The summed E-state index contributed by atoms with van der Waals surface area (Å²) in [5.74, 6) is -1.27. The van der Waals surface area contributed by atoms with Gasteiger partial charge in [0.15, 0.2) is 0 Å². The molecule has 1 unspecified atom stereocenters. The fraction of sp³-hybridized carbons (Fsp3) is 0.167. The molecular formula is C12H9BrClF2NS. The highest BCUT2D eigenvalue weighted by Gasteiger charge is 2.19. The quantitative estimate of drug-likeness (QED) is 0.772. The van der Waals surface area contributed by atoms with E-state index in [1.54, 1.807) is 0 Å². The van der Waals surface area contributed by atoms with E-state index in [0.717, 1.165) is 26.4 Å². The van der Waals surface area contributed by atoms with Crippen molar-refractivity contribution in [3.05, 3.63) is 54.6 Å². The molecule has 0 saturated heterocycles. The van der Waals surface area contributed by atoms with Crippen LogP contribution in [0.15, 0.2) is 22.0 Å². The normalized spacial score (nSPS) is 12.8. The van der Waals surface area contributed by atoms with Crippen molar-refractivity contribution in [3.8, 4) is 0 Å². The van der Waals surface area contributed by atoms with Gasteiger partial charge in [-0.25, -0.2) is 8.78 Å². The summed E-state index contributed by atoms with van der Waals surface area (Å²) in [7, 11) is 0. The largest absolute Gasteiger partial charge is 0.320 e. The van der Waals surface area contributed by atoms with E-state index >= 15 is 0 Å². The van der Waals surface area contributed by atoms with Gasteiger partial charge in [-0.3, -0.25) is 0 Å². The summed E-state index contributed by atoms with van der Waals surface area (Å²) in [6, 6.07) is 3.10. The molecule has 2 rings (SSSR count). The molecule has 2 aromatic rings. The lowest BCUT2D eigenvalue weighted by molar-refractivity contribution is 0.577. The van der Waals surface area contributed by atoms with Crippen LogP contribution >= 0.6 is 38.9 Å². The number of halogens is 4. The van der Waals surface area contributed by atoms with Crippen LogP contribution in [0.5, 0.6) is 0 Å². The number of hydrogen-bond donors (Lipinski definition) is 1. The molecule has 18 heavy (non-hydrogen) atoms. The van der Waals surface area contributed by atoms with Gasteiger partial charge in [0.25, 0.3) is 0 Å². The van der Waals surface area contributed by atoms with Gasteiger partial charge in [-0.05, 0) is 46.6 Å². The summed E-state index contributed by atoms with van der Waals surface area (Å²) in [6.45, 7) is 1.88. The van der Waals surface area contributed by atoms with Gasteiger partial charge >= 0.3 is 0 Å². The molecule has 1 atom stereocenters. The van der Waals surface area contributed by atoms with Crippen LogP contribution in [0.2, 0.25) is 5.02 Å². The van der Waals surface area contributed by atoms with Crippen LogP contribution in [0.1, 0.15) is 22.0 Å². The second kappa shape index (κ2) is 5.25. The topological polar surface area (TPSA) is 26.0 Å². The Morgan fingerprint density at radius 1 is 1.22 bits per heavy atom. The van der Waals surface area contributed by atoms with Crippen molar-refractivity contribution in [2.45, 2.75) is 13.0 Å². The molecule has 1 nitrogen and oxygen atoms in total. The van der Waals surface area contributed by atoms with E-state index in [4.69, 9.17) is 17.3 Å². The van der Waals surface area contributed by atoms with Crippen molar-refractivity contribution >= 4 is 38.9 Å². The van der Waals surface area contributed by atoms with E-state index < -0.39 is 17.7 Å². The summed E-state index contributed by atoms with van der Waals surface area (Å²) in [5, 5.41) is -0.244. The van der Waals surface area contributed by atoms with Crippen LogP contribution < -0.4 is 5.73 Å². The van der Waals surface area contributed by atoms with Crippen molar-refractivity contribution < 1.29 is 8.78 Å². The van der Waals surface area contributed by atoms with E-state index in [2.05, 4.69) is 15.9 Å². The van der Waals surface area contributed by atoms with E-state index in [1.807, 2.05) is 13.0 Å². The summed E-state index contributed by atoms with van der Waals surface area (Å²) >= 11 is 10.4. The lowest BCUT2D eigenvalue weighted by atomic mass is 10.00. The van der Waals surface area contributed by atoms with Crippen molar-refractivity contribution in [1.82, 2.24) is 0 Å². The number of nitrogens with two attached hydrogens (primary N) is 1. The Balaban J connectivity index is 2.49. The minimum absolute atomic E-state index is 0.102. The molecule has 0 bridgehead atoms. The number of rotatable bonds is 2. The number of thiophene rings is 1. The predicted molar refractivity (Wildman–Crippen MR) is 74.2 cm³/mol. The fourth-order valence-corrected chi connectivity index (χ4v) is 3.62. The minimum atomic E-state index is -0.709. The third-order valence-electron chi connectivity index (χ3n) is 2.64. The maximum Gasteiger partial charge on any atom is 0.142 e. The average molecular weight is 353 g/mol. The molecule has 2 N–H and O–H groups in total. The van der Waals surface area contributed by atoms with Crippen LogP contribution in [0.4, 0.5) is 8.78 Å². The van der Waals surface area contributed by atoms with Crippen LogP contribution in [-0.4, -0.2) is 0 Å². The highest BCUT2D eigenvalue weighted by atomic mass is 79.9. The van der Waals surface area contributed by atoms with E-state index in [1.165, 1.54) is 11.3 Å². The Morgan fingerprint density at radius 2 is 1.89 bits per heavy atom. The third kappa shape index (κ3) is 2.59. The maximum absolute atomic E-state index is 13.8. The summed E-state index contributed by atoms with van der Waals surface area (Å²) in [4.78, 5) is 0.962. The minimum Gasteiger partial charge on any atom is -0.320 e. The van der Waals surface area contributed by atoms with E-state index in [9.17, 15) is 8.78 Å². The second-order valence-corrected chi connectivity index (χ2v) is 6.87. The average Bonchev–Trinajstić information content (AvgIpc) is 2.62. The third-order valence-corrected chi connectivity index (χ3v) is 4.49. The zero-order valence-electron chi connectivity index (χ0n) is 9.31. The zero-order valence-corrected chi connectivity index (χ0v) is 12.5. The van der Waals surface area contributed by atoms with Gasteiger partial charge in [0, 0.05) is 10.4 Å². The molecule has 1 aromatic carbocycles. The highest BCUT2D eigenvalue weighted by molar-refractivity contribution is 9.11. The van der Waals surface area contributed by atoms with Gasteiger partial charge in [-0.1, -0.05) is 11.6 Å². The Hall–Kier alpha value is -0.490. The molecular weight excluding hydrogens is 344 g/mol. The maximum atomic E-state index is 13.8. The SMILES string of the molecule is Cc1sc(Br)cc1C(N)c1cc(F)c(Cl)cc1F. The van der Waals surface area contributed by atoms with Gasteiger partial charge in [0.1, 0.15) is 11.6 Å². The van der Waals surface area contributed by atoms with E-state index in [-0.39, 0.29) is 10.6 Å². The van der Waals surface area contributed by atoms with Gasteiger partial charge in [-0.15, -0.1) is 11.3 Å². The first kappa shape index (κ1) is 13.9. The van der Waals surface area contributed by atoms with Crippen LogP contribution in [0.25, 0.3) is 0 Å². The molecule has 0 amide bonds. The molecule has 0 fully saturated rings. The first-order valence-corrected chi connectivity index (χ1v) is 7.04. The van der Waals surface area contributed by atoms with Gasteiger partial charge in [0.2, 0.25) is 0 Å². The first-order valence-electron chi connectivity index (χ1n) is 5.06. The number of hydrogen-bond acceptors (Lipinski definition) is 2. The molecule has 0 spiro atoms. The molecule has 0 aliphatic rings. The molecule has 0 radical (unpaired) electrons. The Bertz CT molecular complexity index is 600. The monoisotopic (exact) mass is 351 g/mol. The molecule has 0 saturated carbocycles. The fourth-order valence-electron chi connectivity index (χ4n) is 1.71. The van der Waals surface area contributed by atoms with Gasteiger partial charge in [0.05, 0.1) is 14.9 Å². The predicted octanol–water partition coefficient (Wildman–Crippen LogP) is 4.80. The number of benzene rings is 1. The second-order valence-electron chi connectivity index (χ2n) is 3.83. The molecule has 0 aliphatic carbocycles. The Labute approximate surface area is 121 Å². The number of aryl methyl sites for hydroxylation is 1. The van der Waals surface area contributed by atoms with E-state index in [0.29, 0.717) is 0 Å². The van der Waals surface area contributed by atoms with Crippen LogP contribution in [0, 0.1) is 18.6 Å². The summed E-state index contributed by atoms with van der Waals surface area (Å²) in [5.41, 5.74) is 6.86. The van der Waals surface area contributed by atoms with Gasteiger partial charge in [-0.2, -0.15) is 0 Å². The summed E-state index contributed by atoms with van der Waals surface area (Å²) in [6.07, 6.45) is 0. The Kier molecular flexibility index (Phi) is 4.06. The smallest absolute Gasteiger partial charge is 0.142 e. The standard InChI is InChI=1S/C12H9BrClF2NS/c1-5-6(3-11(13)18-5)12(17)7-2-10(16)8(14)4-9(7)15/h2-4,12H,17H2,1H3. The lowest BCUT2D eigenvalue weighted by Crippen LogP contribution is -2.14.